The molecule has 146 valence electrons. The molecular formula is C12H24N5NaO7S. The minimum Gasteiger partial charge on any atom is -0.759 e. The van der Waals surface area contributed by atoms with E-state index in [0.717, 1.165) is 12.8 Å². The summed E-state index contributed by atoms with van der Waals surface area (Å²) in [6.45, 7) is 6.60. The number of nitrogens with two attached hydrogens (primary N) is 2. The number of carbonyl (C=O) groups excluding carboxylic acids is 2. The number of urea groups is 1. The summed E-state index contributed by atoms with van der Waals surface area (Å²) in [6.07, 6.45) is 1.65. The van der Waals surface area contributed by atoms with Gasteiger partial charge in [0.1, 0.15) is 6.61 Å². The Morgan fingerprint density at radius 1 is 1.15 bits per heavy atom. The second kappa shape index (κ2) is 17.1. The summed E-state index contributed by atoms with van der Waals surface area (Å²) in [5, 5.41) is 5.25. The molecule has 0 bridgehead atoms. The molecule has 0 aromatic heterocycles. The van der Waals surface area contributed by atoms with Gasteiger partial charge in [0, 0.05) is 22.5 Å². The van der Waals surface area contributed by atoms with Crippen LogP contribution in [0.2, 0.25) is 0 Å². The van der Waals surface area contributed by atoms with Crippen LogP contribution in [0.5, 0.6) is 0 Å². The second-order valence-electron chi connectivity index (χ2n) is 4.60. The Balaban J connectivity index is -0.000000772. The zero-order chi connectivity index (χ0) is 19.9. The van der Waals surface area contributed by atoms with Crippen molar-refractivity contribution in [1.82, 2.24) is 10.6 Å². The standard InChI is InChI=1S/C12H23N5O3.Na.H2O4S/c1-9(2)10(18)20-8-7-17-12(19)16-6-4-3-5-15-11(13)14;;1-5(2,3)4/h1,3-8H2,2H3,(H4,13,14,15)(H2,16,17,19);;(H2,1,2,3,4)/q;+1;/p-1. The first-order valence-corrected chi connectivity index (χ1v) is 8.39. The number of ether oxygens (including phenoxy) is 1. The Morgan fingerprint density at radius 2 is 1.65 bits per heavy atom. The molecule has 0 aliphatic rings. The zero-order valence-corrected chi connectivity index (χ0v) is 17.7. The van der Waals surface area contributed by atoms with Crippen molar-refractivity contribution < 1.29 is 66.4 Å². The van der Waals surface area contributed by atoms with Gasteiger partial charge in [0.15, 0.2) is 0 Å². The molecule has 0 rings (SSSR count). The molecule has 0 radical (unpaired) electrons. The van der Waals surface area contributed by atoms with Crippen LogP contribution in [0.3, 0.4) is 0 Å². The zero-order valence-electron chi connectivity index (χ0n) is 14.9. The molecule has 0 saturated heterocycles. The molecule has 0 aromatic carbocycles. The first-order chi connectivity index (χ1) is 11.4. The fourth-order valence-corrected chi connectivity index (χ4v) is 1.18. The summed E-state index contributed by atoms with van der Waals surface area (Å²) < 4.78 is 38.9. The van der Waals surface area contributed by atoms with E-state index in [1.54, 1.807) is 6.92 Å². The Hall–Kier alpha value is -1.38. The normalized spacial score (nSPS) is 9.50. The van der Waals surface area contributed by atoms with E-state index in [1.807, 2.05) is 0 Å². The fourth-order valence-electron chi connectivity index (χ4n) is 1.18. The third-order valence-corrected chi connectivity index (χ3v) is 2.19. The van der Waals surface area contributed by atoms with Crippen molar-refractivity contribution in [1.29, 1.82) is 0 Å². The molecule has 0 heterocycles. The minimum atomic E-state index is -5.17. The summed E-state index contributed by atoms with van der Waals surface area (Å²) in [5.74, 6) is -0.268. The smallest absolute Gasteiger partial charge is 0.759 e. The third-order valence-electron chi connectivity index (χ3n) is 2.19. The Labute approximate surface area is 174 Å². The molecule has 2 amide bonds. The van der Waals surface area contributed by atoms with Crippen molar-refractivity contribution in [2.24, 2.45) is 11.5 Å². The average molecular weight is 405 g/mol. The SMILES string of the molecule is C=C(C)C(=O)OCCNC(=O)NCCCC[NH+]=C(N)N.O=S(=O)([O-])[O-].[Na+]. The number of guanidine groups is 1. The van der Waals surface area contributed by atoms with Crippen molar-refractivity contribution >= 4 is 28.4 Å². The van der Waals surface area contributed by atoms with E-state index in [0.29, 0.717) is 18.7 Å². The first kappa shape index (κ1) is 29.4. The molecule has 0 aliphatic carbocycles. The minimum absolute atomic E-state index is 0. The molecule has 0 atom stereocenters. The largest absolute Gasteiger partial charge is 1.00 e. The van der Waals surface area contributed by atoms with Crippen LogP contribution >= 0.6 is 0 Å². The number of unbranched alkanes of at least 4 members (excludes halogenated alkanes) is 1. The van der Waals surface area contributed by atoms with Gasteiger partial charge in [-0.15, -0.1) is 0 Å². The second-order valence-corrected chi connectivity index (χ2v) is 5.41. The number of hydrogen-bond acceptors (Lipinski definition) is 7. The van der Waals surface area contributed by atoms with E-state index in [2.05, 4.69) is 22.2 Å². The molecule has 14 heteroatoms. The number of rotatable bonds is 9. The molecule has 26 heavy (non-hydrogen) atoms. The molecule has 0 aromatic rings. The van der Waals surface area contributed by atoms with E-state index in [1.165, 1.54) is 0 Å². The summed E-state index contributed by atoms with van der Waals surface area (Å²) in [5.41, 5.74) is 10.8. The van der Waals surface area contributed by atoms with Crippen LogP contribution in [-0.2, 0) is 19.9 Å². The predicted molar refractivity (Wildman–Crippen MR) is 86.1 cm³/mol. The first-order valence-electron chi connectivity index (χ1n) is 7.06. The molecule has 0 aliphatic heterocycles. The molecule has 7 N–H and O–H groups in total. The van der Waals surface area contributed by atoms with Crippen molar-refractivity contribution in [3.63, 3.8) is 0 Å². The van der Waals surface area contributed by atoms with Crippen molar-refractivity contribution in [3.8, 4) is 0 Å². The van der Waals surface area contributed by atoms with Gasteiger partial charge in [-0.3, -0.25) is 24.9 Å². The van der Waals surface area contributed by atoms with Crippen LogP contribution in [0.4, 0.5) is 4.79 Å². The maximum Gasteiger partial charge on any atom is 1.00 e. The van der Waals surface area contributed by atoms with Crippen LogP contribution in [0.25, 0.3) is 0 Å². The molecule has 0 spiro atoms. The van der Waals surface area contributed by atoms with Gasteiger partial charge in [-0.2, -0.15) is 0 Å². The number of amides is 2. The van der Waals surface area contributed by atoms with Crippen LogP contribution in [0.1, 0.15) is 19.8 Å². The summed E-state index contributed by atoms with van der Waals surface area (Å²) in [7, 11) is -5.17. The van der Waals surface area contributed by atoms with Gasteiger partial charge >= 0.3 is 47.5 Å². The van der Waals surface area contributed by atoms with Crippen molar-refractivity contribution in [2.45, 2.75) is 19.8 Å². The van der Waals surface area contributed by atoms with E-state index < -0.39 is 16.4 Å². The third kappa shape index (κ3) is 30.5. The number of carbonyl (C=O) groups is 2. The Kier molecular flexibility index (Phi) is 19.3. The van der Waals surface area contributed by atoms with Gasteiger partial charge < -0.3 is 24.5 Å². The summed E-state index contributed by atoms with van der Waals surface area (Å²) >= 11 is 0. The number of hydrogen-bond donors (Lipinski definition) is 5. The number of esters is 1. The van der Waals surface area contributed by atoms with Gasteiger partial charge in [-0.25, -0.2) is 9.59 Å². The van der Waals surface area contributed by atoms with Gasteiger partial charge in [-0.1, -0.05) is 6.58 Å². The Bertz CT molecular complexity index is 556. The topological polar surface area (TPSA) is 214 Å². The van der Waals surface area contributed by atoms with Gasteiger partial charge in [0.25, 0.3) is 0 Å². The van der Waals surface area contributed by atoms with Crippen LogP contribution in [0.15, 0.2) is 12.2 Å². The monoisotopic (exact) mass is 405 g/mol. The van der Waals surface area contributed by atoms with Crippen LogP contribution in [-0.4, -0.2) is 61.7 Å². The van der Waals surface area contributed by atoms with Crippen LogP contribution < -0.4 is 56.7 Å². The number of nitrogens with one attached hydrogen (secondary N) is 3. The van der Waals surface area contributed by atoms with E-state index in [4.69, 9.17) is 33.7 Å². The van der Waals surface area contributed by atoms with Gasteiger partial charge in [0.2, 0.25) is 0 Å². The van der Waals surface area contributed by atoms with E-state index in [9.17, 15) is 9.59 Å². The van der Waals surface area contributed by atoms with E-state index >= 15 is 0 Å². The molecular weight excluding hydrogens is 381 g/mol. The molecule has 0 fully saturated rings. The molecule has 0 saturated carbocycles. The fraction of sp³-hybridized carbons (Fsp3) is 0.583. The summed E-state index contributed by atoms with van der Waals surface area (Å²) in [6, 6.07) is -0.297. The molecule has 0 unspecified atom stereocenters. The van der Waals surface area contributed by atoms with E-state index in [-0.39, 0.29) is 54.7 Å². The van der Waals surface area contributed by atoms with Crippen LogP contribution in [0, 0.1) is 0 Å². The van der Waals surface area contributed by atoms with Crippen molar-refractivity contribution in [3.05, 3.63) is 12.2 Å². The van der Waals surface area contributed by atoms with Crippen molar-refractivity contribution in [2.75, 3.05) is 26.2 Å². The van der Waals surface area contributed by atoms with Gasteiger partial charge in [0.05, 0.1) is 13.1 Å². The maximum atomic E-state index is 11.3. The summed E-state index contributed by atoms with van der Waals surface area (Å²) in [4.78, 5) is 25.1. The average Bonchev–Trinajstić information content (AvgIpc) is 2.44. The maximum absolute atomic E-state index is 11.3. The Morgan fingerprint density at radius 3 is 2.12 bits per heavy atom. The molecule has 12 nitrogen and oxygen atoms in total. The van der Waals surface area contributed by atoms with Gasteiger partial charge in [-0.05, 0) is 19.8 Å². The quantitative estimate of drug-likeness (QED) is 0.0359. The predicted octanol–water partition coefficient (Wildman–Crippen LogP) is -6.79.